The molecule has 19 heavy (non-hydrogen) atoms. The minimum Gasteiger partial charge on any atom is -0.481 e. The van der Waals surface area contributed by atoms with E-state index >= 15 is 0 Å². The fraction of sp³-hybridized carbons (Fsp3) is 0.750. The number of nitrogens with two attached hydrogens (primary N) is 1. The van der Waals surface area contributed by atoms with Crippen LogP contribution in [0.3, 0.4) is 0 Å². The minimum atomic E-state index is -0.919. The Labute approximate surface area is 112 Å². The standard InChI is InChI=1S/C12H21N3O4/c1-7(2)8(9(13)16)14-11(19)15-5-4-12(3,6-15)10(17)18/h7-8H,4-6H2,1-3H3,(H2,13,16)(H,14,19)(H,17,18). The number of likely N-dealkylation sites (tertiary alicyclic amines) is 1. The fourth-order valence-corrected chi connectivity index (χ4v) is 2.10. The van der Waals surface area contributed by atoms with Crippen molar-refractivity contribution < 1.29 is 19.5 Å². The van der Waals surface area contributed by atoms with Crippen LogP contribution >= 0.6 is 0 Å². The van der Waals surface area contributed by atoms with Gasteiger partial charge in [-0.1, -0.05) is 13.8 Å². The van der Waals surface area contributed by atoms with Gasteiger partial charge in [-0.15, -0.1) is 0 Å². The lowest BCUT2D eigenvalue weighted by Crippen LogP contribution is -2.52. The highest BCUT2D eigenvalue weighted by Gasteiger charge is 2.42. The summed E-state index contributed by atoms with van der Waals surface area (Å²) in [6.45, 7) is 5.66. The lowest BCUT2D eigenvalue weighted by Gasteiger charge is -2.24. The largest absolute Gasteiger partial charge is 0.481 e. The van der Waals surface area contributed by atoms with Gasteiger partial charge in [0.25, 0.3) is 0 Å². The van der Waals surface area contributed by atoms with Gasteiger partial charge in [0.2, 0.25) is 5.91 Å². The summed E-state index contributed by atoms with van der Waals surface area (Å²) in [4.78, 5) is 35.7. The number of nitrogens with zero attached hydrogens (tertiary/aromatic N) is 1. The number of amides is 3. The van der Waals surface area contributed by atoms with Crippen LogP contribution in [0.4, 0.5) is 4.79 Å². The molecule has 0 aromatic heterocycles. The molecule has 1 rings (SSSR count). The van der Waals surface area contributed by atoms with Gasteiger partial charge in [-0.05, 0) is 19.3 Å². The van der Waals surface area contributed by atoms with E-state index in [1.54, 1.807) is 20.8 Å². The van der Waals surface area contributed by atoms with E-state index in [2.05, 4.69) is 5.32 Å². The van der Waals surface area contributed by atoms with Crippen molar-refractivity contribution in [3.8, 4) is 0 Å². The van der Waals surface area contributed by atoms with Crippen LogP contribution in [0.5, 0.6) is 0 Å². The molecule has 0 aliphatic carbocycles. The van der Waals surface area contributed by atoms with Crippen molar-refractivity contribution in [2.24, 2.45) is 17.1 Å². The Hall–Kier alpha value is -1.79. The van der Waals surface area contributed by atoms with Crippen molar-refractivity contribution in [2.45, 2.75) is 33.2 Å². The van der Waals surface area contributed by atoms with Crippen LogP contribution < -0.4 is 11.1 Å². The first-order valence-electron chi connectivity index (χ1n) is 6.25. The number of urea groups is 1. The first kappa shape index (κ1) is 15.3. The number of carboxylic acids is 1. The zero-order chi connectivity index (χ0) is 14.8. The van der Waals surface area contributed by atoms with Crippen LogP contribution in [0.1, 0.15) is 27.2 Å². The lowest BCUT2D eigenvalue weighted by molar-refractivity contribution is -0.147. The Morgan fingerprint density at radius 3 is 2.32 bits per heavy atom. The molecule has 0 spiro atoms. The highest BCUT2D eigenvalue weighted by molar-refractivity contribution is 5.86. The van der Waals surface area contributed by atoms with Gasteiger partial charge in [-0.2, -0.15) is 0 Å². The number of hydrogen-bond acceptors (Lipinski definition) is 3. The monoisotopic (exact) mass is 271 g/mol. The molecule has 1 saturated heterocycles. The Morgan fingerprint density at radius 2 is 1.95 bits per heavy atom. The van der Waals surface area contributed by atoms with E-state index in [-0.39, 0.29) is 12.5 Å². The maximum Gasteiger partial charge on any atom is 0.318 e. The first-order valence-corrected chi connectivity index (χ1v) is 6.25. The molecular formula is C12H21N3O4. The van der Waals surface area contributed by atoms with E-state index in [0.717, 1.165) is 0 Å². The quantitative estimate of drug-likeness (QED) is 0.668. The van der Waals surface area contributed by atoms with Crippen molar-refractivity contribution in [3.63, 3.8) is 0 Å². The Balaban J connectivity index is 2.66. The molecule has 0 bridgehead atoms. The summed E-state index contributed by atoms with van der Waals surface area (Å²) >= 11 is 0. The third kappa shape index (κ3) is 3.36. The Kier molecular flexibility index (Phi) is 4.39. The smallest absolute Gasteiger partial charge is 0.318 e. The molecule has 0 aromatic carbocycles. The predicted molar refractivity (Wildman–Crippen MR) is 68.3 cm³/mol. The maximum atomic E-state index is 12.0. The van der Waals surface area contributed by atoms with E-state index in [0.29, 0.717) is 13.0 Å². The summed E-state index contributed by atoms with van der Waals surface area (Å²) in [6.07, 6.45) is 0.401. The van der Waals surface area contributed by atoms with Crippen LogP contribution in [0.25, 0.3) is 0 Å². The van der Waals surface area contributed by atoms with Gasteiger partial charge in [0.05, 0.1) is 5.41 Å². The first-order chi connectivity index (χ1) is 8.67. The van der Waals surface area contributed by atoms with Gasteiger partial charge in [0.1, 0.15) is 6.04 Å². The predicted octanol–water partition coefficient (Wildman–Crippen LogP) is 0.00250. The van der Waals surface area contributed by atoms with Crippen LogP contribution in [0, 0.1) is 11.3 Å². The number of aliphatic carboxylic acids is 1. The third-order valence-corrected chi connectivity index (χ3v) is 3.53. The summed E-state index contributed by atoms with van der Waals surface area (Å²) < 4.78 is 0. The molecule has 1 heterocycles. The van der Waals surface area contributed by atoms with Crippen molar-refractivity contribution in [1.82, 2.24) is 10.2 Å². The molecular weight excluding hydrogens is 250 g/mol. The van der Waals surface area contributed by atoms with E-state index in [9.17, 15) is 14.4 Å². The average molecular weight is 271 g/mol. The molecule has 108 valence electrons. The number of primary amides is 1. The van der Waals surface area contributed by atoms with E-state index in [1.165, 1.54) is 4.90 Å². The molecule has 0 saturated carbocycles. The maximum absolute atomic E-state index is 12.0. The van der Waals surface area contributed by atoms with Gasteiger partial charge in [-0.3, -0.25) is 9.59 Å². The lowest BCUT2D eigenvalue weighted by atomic mass is 9.90. The Bertz CT molecular complexity index is 396. The fourth-order valence-electron chi connectivity index (χ4n) is 2.10. The zero-order valence-corrected chi connectivity index (χ0v) is 11.5. The van der Waals surface area contributed by atoms with Crippen LogP contribution in [-0.2, 0) is 9.59 Å². The summed E-state index contributed by atoms with van der Waals surface area (Å²) in [5.41, 5.74) is 4.30. The summed E-state index contributed by atoms with van der Waals surface area (Å²) in [7, 11) is 0. The second-order valence-corrected chi connectivity index (χ2v) is 5.61. The van der Waals surface area contributed by atoms with Gasteiger partial charge >= 0.3 is 12.0 Å². The highest BCUT2D eigenvalue weighted by atomic mass is 16.4. The molecule has 2 unspecified atom stereocenters. The summed E-state index contributed by atoms with van der Waals surface area (Å²) in [5.74, 6) is -1.63. The molecule has 0 radical (unpaired) electrons. The number of carbonyl (C=O) groups is 3. The Morgan fingerprint density at radius 1 is 1.37 bits per heavy atom. The number of nitrogens with one attached hydrogen (secondary N) is 1. The second-order valence-electron chi connectivity index (χ2n) is 5.61. The van der Waals surface area contributed by atoms with Crippen molar-refractivity contribution in [2.75, 3.05) is 13.1 Å². The van der Waals surface area contributed by atoms with Crippen LogP contribution in [0.2, 0.25) is 0 Å². The number of carboxylic acid groups (broad SMARTS) is 1. The summed E-state index contributed by atoms with van der Waals surface area (Å²) in [5, 5.41) is 11.7. The van der Waals surface area contributed by atoms with E-state index < -0.39 is 29.4 Å². The molecule has 4 N–H and O–H groups in total. The van der Waals surface area contributed by atoms with Crippen LogP contribution in [0.15, 0.2) is 0 Å². The molecule has 1 aliphatic rings. The van der Waals surface area contributed by atoms with Gasteiger partial charge in [0.15, 0.2) is 0 Å². The molecule has 1 fully saturated rings. The minimum absolute atomic E-state index is 0.116. The molecule has 1 aliphatic heterocycles. The molecule has 7 heteroatoms. The number of hydrogen-bond donors (Lipinski definition) is 3. The SMILES string of the molecule is CC(C)C(NC(=O)N1CCC(C)(C(=O)O)C1)C(N)=O. The zero-order valence-electron chi connectivity index (χ0n) is 11.5. The van der Waals surface area contributed by atoms with Crippen molar-refractivity contribution in [3.05, 3.63) is 0 Å². The third-order valence-electron chi connectivity index (χ3n) is 3.53. The summed E-state index contributed by atoms with van der Waals surface area (Å²) in [6, 6.07) is -1.19. The normalized spacial score (nSPS) is 24.3. The van der Waals surface area contributed by atoms with Gasteiger partial charge in [-0.25, -0.2) is 4.79 Å². The van der Waals surface area contributed by atoms with Gasteiger partial charge in [0, 0.05) is 13.1 Å². The molecule has 7 nitrogen and oxygen atoms in total. The van der Waals surface area contributed by atoms with Crippen molar-refractivity contribution >= 4 is 17.9 Å². The van der Waals surface area contributed by atoms with E-state index in [1.807, 2.05) is 0 Å². The molecule has 0 aromatic rings. The topological polar surface area (TPSA) is 113 Å². The van der Waals surface area contributed by atoms with E-state index in [4.69, 9.17) is 10.8 Å². The molecule has 3 amide bonds. The van der Waals surface area contributed by atoms with Gasteiger partial charge < -0.3 is 21.1 Å². The van der Waals surface area contributed by atoms with Crippen molar-refractivity contribution in [1.29, 1.82) is 0 Å². The number of carbonyl (C=O) groups excluding carboxylic acids is 2. The number of rotatable bonds is 4. The second kappa shape index (κ2) is 5.46. The average Bonchev–Trinajstić information content (AvgIpc) is 2.69. The highest BCUT2D eigenvalue weighted by Crippen LogP contribution is 2.30. The molecule has 2 atom stereocenters. The van der Waals surface area contributed by atoms with Crippen LogP contribution in [-0.4, -0.2) is 47.0 Å².